The minimum atomic E-state index is -1.41. The van der Waals surface area contributed by atoms with E-state index in [9.17, 15) is 20.1 Å². The summed E-state index contributed by atoms with van der Waals surface area (Å²) >= 11 is 0. The topological polar surface area (TPSA) is 127 Å². The van der Waals surface area contributed by atoms with Crippen molar-refractivity contribution in [2.24, 2.45) is 11.8 Å². The number of carbonyl (C=O) groups excluding carboxylic acids is 1. The Morgan fingerprint density at radius 2 is 1.88 bits per heavy atom. The molecule has 10 atom stereocenters. The number of hydrogen-bond donors (Lipinski definition) is 3. The monoisotopic (exact) mass is 603 g/mol. The summed E-state index contributed by atoms with van der Waals surface area (Å²) in [4.78, 5) is 14.7. The first kappa shape index (κ1) is 32.0. The highest BCUT2D eigenvalue weighted by atomic mass is 16.7. The molecule has 1 aromatic rings. The normalized spacial score (nSPS) is 37.3. The smallest absolute Gasteiger partial charge is 0.410 e. The summed E-state index contributed by atoms with van der Waals surface area (Å²) < 4.78 is 31.0. The van der Waals surface area contributed by atoms with E-state index in [1.807, 2.05) is 31.7 Å². The molecule has 0 aromatic heterocycles. The van der Waals surface area contributed by atoms with Gasteiger partial charge in [-0.15, -0.1) is 0 Å². The molecule has 10 heteroatoms. The quantitative estimate of drug-likeness (QED) is 0.417. The number of allylic oxidation sites excluding steroid dienone is 2. The van der Waals surface area contributed by atoms with Crippen LogP contribution in [0.15, 0.2) is 29.8 Å². The maximum Gasteiger partial charge on any atom is 0.410 e. The van der Waals surface area contributed by atoms with Crippen molar-refractivity contribution in [1.29, 1.82) is 0 Å². The summed E-state index contributed by atoms with van der Waals surface area (Å²) in [6.45, 7) is 14.8. The van der Waals surface area contributed by atoms with Crippen LogP contribution in [0.4, 0.5) is 4.79 Å². The number of amides is 1. The van der Waals surface area contributed by atoms with Crippen LogP contribution in [0.5, 0.6) is 11.5 Å². The molecule has 3 N–H and O–H groups in total. The molecule has 1 amide bonds. The predicted molar refractivity (Wildman–Crippen MR) is 159 cm³/mol. The highest BCUT2D eigenvalue weighted by molar-refractivity contribution is 5.68. The fraction of sp³-hybridized carbons (Fsp3) is 0.727. The fourth-order valence-corrected chi connectivity index (χ4v) is 6.87. The lowest BCUT2D eigenvalue weighted by Gasteiger charge is -2.54. The SMILES string of the molecule is CC(C)=CCC[C@@]1(C)Oc2cc(O[C@H]3O[C@H](C)[C@@H](O)[C@H](O)[C@@H]3O)ccc2[C@H]2O[C@H]3CCN(C(=O)OC(C)(C)C)C[C@@H]3C[C@@H]21. The van der Waals surface area contributed by atoms with Gasteiger partial charge in [-0.1, -0.05) is 11.6 Å². The lowest BCUT2D eigenvalue weighted by atomic mass is 9.68. The van der Waals surface area contributed by atoms with E-state index < -0.39 is 41.9 Å². The molecular formula is C33H49NO9. The molecule has 4 heterocycles. The van der Waals surface area contributed by atoms with Gasteiger partial charge >= 0.3 is 6.09 Å². The van der Waals surface area contributed by atoms with E-state index in [0.717, 1.165) is 31.2 Å². The van der Waals surface area contributed by atoms with Gasteiger partial charge in [0.25, 0.3) is 0 Å². The number of fused-ring (bicyclic) bond motifs is 4. The zero-order chi connectivity index (χ0) is 31.3. The van der Waals surface area contributed by atoms with Crippen LogP contribution in [-0.4, -0.2) is 87.4 Å². The van der Waals surface area contributed by atoms with Crippen LogP contribution in [0.25, 0.3) is 0 Å². The van der Waals surface area contributed by atoms with E-state index in [1.165, 1.54) is 5.57 Å². The molecule has 0 radical (unpaired) electrons. The van der Waals surface area contributed by atoms with Gasteiger partial charge in [0.1, 0.15) is 41.0 Å². The van der Waals surface area contributed by atoms with Crippen LogP contribution in [0.2, 0.25) is 0 Å². The van der Waals surface area contributed by atoms with E-state index in [2.05, 4.69) is 26.8 Å². The van der Waals surface area contributed by atoms with Gasteiger partial charge in [-0.3, -0.25) is 0 Å². The number of aliphatic hydroxyl groups excluding tert-OH is 3. The molecule has 3 fully saturated rings. The molecule has 0 saturated carbocycles. The predicted octanol–water partition coefficient (Wildman–Crippen LogP) is 4.49. The average Bonchev–Trinajstić information content (AvgIpc) is 2.92. The first-order valence-electron chi connectivity index (χ1n) is 15.6. The summed E-state index contributed by atoms with van der Waals surface area (Å²) in [5.41, 5.74) is 1.10. The zero-order valence-corrected chi connectivity index (χ0v) is 26.5. The molecule has 43 heavy (non-hydrogen) atoms. The van der Waals surface area contributed by atoms with Gasteiger partial charge in [0, 0.05) is 36.6 Å². The van der Waals surface area contributed by atoms with Crippen molar-refractivity contribution in [2.45, 2.75) is 128 Å². The second kappa shape index (κ2) is 12.2. The number of benzene rings is 1. The average molecular weight is 604 g/mol. The van der Waals surface area contributed by atoms with E-state index in [-0.39, 0.29) is 30.1 Å². The molecule has 3 saturated heterocycles. The Hall–Kier alpha value is -2.37. The molecule has 0 unspecified atom stereocenters. The molecule has 5 rings (SSSR count). The molecular weight excluding hydrogens is 554 g/mol. The highest BCUT2D eigenvalue weighted by Crippen LogP contribution is 2.55. The zero-order valence-electron chi connectivity index (χ0n) is 26.5. The van der Waals surface area contributed by atoms with Gasteiger partial charge in [0.2, 0.25) is 6.29 Å². The van der Waals surface area contributed by atoms with Crippen molar-refractivity contribution in [3.05, 3.63) is 35.4 Å². The van der Waals surface area contributed by atoms with Crippen molar-refractivity contribution in [1.82, 2.24) is 4.90 Å². The highest BCUT2D eigenvalue weighted by Gasteiger charge is 2.53. The van der Waals surface area contributed by atoms with Gasteiger partial charge in [0.15, 0.2) is 0 Å². The maximum absolute atomic E-state index is 12.9. The number of ether oxygens (including phenoxy) is 5. The second-order valence-electron chi connectivity index (χ2n) is 14.1. The Morgan fingerprint density at radius 3 is 2.58 bits per heavy atom. The molecule has 0 spiro atoms. The number of hydrogen-bond acceptors (Lipinski definition) is 9. The lowest BCUT2D eigenvalue weighted by molar-refractivity contribution is -0.268. The lowest BCUT2D eigenvalue weighted by Crippen LogP contribution is -2.58. The van der Waals surface area contributed by atoms with Gasteiger partial charge in [-0.25, -0.2) is 4.79 Å². The Balaban J connectivity index is 1.38. The summed E-state index contributed by atoms with van der Waals surface area (Å²) in [5, 5.41) is 30.8. The van der Waals surface area contributed by atoms with Gasteiger partial charge < -0.3 is 43.9 Å². The first-order chi connectivity index (χ1) is 20.1. The minimum absolute atomic E-state index is 0.0176. The molecule has 4 aliphatic rings. The fourth-order valence-electron chi connectivity index (χ4n) is 6.87. The third-order valence-corrected chi connectivity index (χ3v) is 9.23. The van der Waals surface area contributed by atoms with Crippen molar-refractivity contribution in [2.75, 3.05) is 13.1 Å². The summed E-state index contributed by atoms with van der Waals surface area (Å²) in [6.07, 6.45) is -0.836. The molecule has 4 aliphatic heterocycles. The number of carbonyl (C=O) groups is 1. The Bertz CT molecular complexity index is 1190. The minimum Gasteiger partial charge on any atom is -0.487 e. The van der Waals surface area contributed by atoms with E-state index in [1.54, 1.807) is 19.1 Å². The Labute approximate surface area is 254 Å². The number of likely N-dealkylation sites (tertiary alicyclic amines) is 1. The second-order valence-corrected chi connectivity index (χ2v) is 14.1. The Morgan fingerprint density at radius 1 is 1.14 bits per heavy atom. The molecule has 0 bridgehead atoms. The molecule has 10 nitrogen and oxygen atoms in total. The molecule has 240 valence electrons. The van der Waals surface area contributed by atoms with E-state index in [4.69, 9.17) is 23.7 Å². The van der Waals surface area contributed by atoms with Crippen molar-refractivity contribution in [3.63, 3.8) is 0 Å². The third kappa shape index (κ3) is 6.83. The van der Waals surface area contributed by atoms with Gasteiger partial charge in [-0.2, -0.15) is 0 Å². The standard InChI is InChI=1S/C33H49NO9/c1-18(2)9-8-13-33(7)23-15-20-17-34(31(38)43-32(4,5)6)14-12-24(20)41-29(23)22-11-10-21(16-25(22)42-33)40-30-28(37)27(36)26(35)19(3)39-30/h9-11,16,19-20,23-24,26-30,35-37H,8,12-15,17H2,1-7H3/t19-,20+,23+,24+,26-,27+,28+,29-,30-,33-/m1/s1. The number of aliphatic hydroxyl groups is 3. The summed E-state index contributed by atoms with van der Waals surface area (Å²) in [6, 6.07) is 5.53. The van der Waals surface area contributed by atoms with Crippen LogP contribution in [0.1, 0.15) is 85.8 Å². The number of piperidine rings is 1. The third-order valence-electron chi connectivity index (χ3n) is 9.23. The van der Waals surface area contributed by atoms with Crippen LogP contribution in [-0.2, 0) is 14.2 Å². The van der Waals surface area contributed by atoms with Crippen LogP contribution in [0.3, 0.4) is 0 Å². The number of rotatable bonds is 5. The largest absolute Gasteiger partial charge is 0.487 e. The summed E-state index contributed by atoms with van der Waals surface area (Å²) in [5.74, 6) is 1.31. The molecule has 1 aromatic carbocycles. The van der Waals surface area contributed by atoms with Crippen molar-refractivity contribution < 1.29 is 43.8 Å². The number of nitrogens with zero attached hydrogens (tertiary/aromatic N) is 1. The van der Waals surface area contributed by atoms with Gasteiger partial charge in [-0.05, 0) is 86.3 Å². The van der Waals surface area contributed by atoms with E-state index >= 15 is 0 Å². The maximum atomic E-state index is 12.9. The molecule has 0 aliphatic carbocycles. The van der Waals surface area contributed by atoms with Crippen molar-refractivity contribution >= 4 is 6.09 Å². The summed E-state index contributed by atoms with van der Waals surface area (Å²) in [7, 11) is 0. The first-order valence-corrected chi connectivity index (χ1v) is 15.6. The van der Waals surface area contributed by atoms with E-state index in [0.29, 0.717) is 24.6 Å². The van der Waals surface area contributed by atoms with Gasteiger partial charge in [0.05, 0.1) is 18.3 Å². The van der Waals surface area contributed by atoms with Crippen LogP contribution in [0, 0.1) is 11.8 Å². The van der Waals surface area contributed by atoms with Crippen LogP contribution >= 0.6 is 0 Å². The van der Waals surface area contributed by atoms with Crippen molar-refractivity contribution in [3.8, 4) is 11.5 Å². The van der Waals surface area contributed by atoms with Crippen LogP contribution < -0.4 is 9.47 Å². The Kier molecular flexibility index (Phi) is 9.09.